The number of aryl methyl sites for hydroxylation is 1. The van der Waals surface area contributed by atoms with E-state index >= 15 is 0 Å². The molecule has 23 heavy (non-hydrogen) atoms. The quantitative estimate of drug-likeness (QED) is 0.768. The van der Waals surface area contributed by atoms with Gasteiger partial charge in [0, 0.05) is 6.54 Å². The first kappa shape index (κ1) is 17.5. The first-order valence-electron chi connectivity index (χ1n) is 8.09. The maximum Gasteiger partial charge on any atom is 0.264 e. The minimum Gasteiger partial charge on any atom is -0.267 e. The van der Waals surface area contributed by atoms with E-state index in [4.69, 9.17) is 0 Å². The highest BCUT2D eigenvalue weighted by Crippen LogP contribution is 2.26. The molecule has 0 aliphatic heterocycles. The van der Waals surface area contributed by atoms with Crippen molar-refractivity contribution in [3.05, 3.63) is 59.7 Å². The van der Waals surface area contributed by atoms with Crippen molar-refractivity contribution < 1.29 is 8.42 Å². The Morgan fingerprint density at radius 3 is 2.22 bits per heavy atom. The van der Waals surface area contributed by atoms with Crippen molar-refractivity contribution in [3.8, 4) is 0 Å². The second-order valence-electron chi connectivity index (χ2n) is 5.89. The van der Waals surface area contributed by atoms with Crippen LogP contribution in [0.25, 0.3) is 0 Å². The highest BCUT2D eigenvalue weighted by atomic mass is 32.2. The van der Waals surface area contributed by atoms with Gasteiger partial charge in [0.2, 0.25) is 0 Å². The lowest BCUT2D eigenvalue weighted by atomic mass is 9.99. The lowest BCUT2D eigenvalue weighted by Gasteiger charge is -2.23. The molecule has 2 aromatic rings. The summed E-state index contributed by atoms with van der Waals surface area (Å²) in [6, 6.07) is 14.9. The predicted octanol–water partition coefficient (Wildman–Crippen LogP) is 4.72. The first-order valence-corrected chi connectivity index (χ1v) is 9.53. The summed E-state index contributed by atoms with van der Waals surface area (Å²) in [7, 11) is -3.54. The van der Waals surface area contributed by atoms with Gasteiger partial charge in [0.15, 0.2) is 0 Å². The van der Waals surface area contributed by atoms with E-state index in [0.717, 1.165) is 12.0 Å². The Hall–Kier alpha value is -1.81. The van der Waals surface area contributed by atoms with Gasteiger partial charge < -0.3 is 0 Å². The number of hydrogen-bond acceptors (Lipinski definition) is 2. The Balaban J connectivity index is 2.39. The van der Waals surface area contributed by atoms with Crippen LogP contribution in [0, 0.1) is 6.92 Å². The van der Waals surface area contributed by atoms with E-state index in [9.17, 15) is 8.42 Å². The fourth-order valence-electron chi connectivity index (χ4n) is 2.61. The average Bonchev–Trinajstić information content (AvgIpc) is 2.54. The van der Waals surface area contributed by atoms with Crippen molar-refractivity contribution in [2.24, 2.45) is 0 Å². The van der Waals surface area contributed by atoms with E-state index in [1.54, 1.807) is 12.1 Å². The topological polar surface area (TPSA) is 37.4 Å². The second-order valence-corrected chi connectivity index (χ2v) is 7.75. The number of benzene rings is 2. The van der Waals surface area contributed by atoms with Crippen LogP contribution in [0.5, 0.6) is 0 Å². The monoisotopic (exact) mass is 331 g/mol. The Labute approximate surface area is 140 Å². The molecule has 0 N–H and O–H groups in total. The van der Waals surface area contributed by atoms with Crippen molar-refractivity contribution in [3.63, 3.8) is 0 Å². The van der Waals surface area contributed by atoms with E-state index in [1.165, 1.54) is 9.87 Å². The minimum atomic E-state index is -3.54. The SMILES string of the molecule is CCC(C)c1ccc(S(=O)(=O)N(CC)c2cccc(C)c2)cc1. The molecule has 0 bridgehead atoms. The van der Waals surface area contributed by atoms with E-state index in [0.29, 0.717) is 23.0 Å². The van der Waals surface area contributed by atoms with Crippen molar-refractivity contribution in [2.45, 2.75) is 44.9 Å². The molecule has 0 heterocycles. The van der Waals surface area contributed by atoms with Crippen LogP contribution in [-0.4, -0.2) is 15.0 Å². The van der Waals surface area contributed by atoms with E-state index < -0.39 is 10.0 Å². The van der Waals surface area contributed by atoms with Crippen LogP contribution in [-0.2, 0) is 10.0 Å². The third-order valence-electron chi connectivity index (χ3n) is 4.23. The van der Waals surface area contributed by atoms with E-state index in [1.807, 2.05) is 50.2 Å². The maximum absolute atomic E-state index is 13.0. The molecule has 1 atom stereocenters. The predicted molar refractivity (Wildman–Crippen MR) is 96.5 cm³/mol. The van der Waals surface area contributed by atoms with Crippen molar-refractivity contribution >= 4 is 15.7 Å². The molecule has 0 fully saturated rings. The van der Waals surface area contributed by atoms with E-state index in [-0.39, 0.29) is 0 Å². The summed E-state index contributed by atoms with van der Waals surface area (Å²) in [6.45, 7) is 8.50. The normalized spacial score (nSPS) is 12.9. The van der Waals surface area contributed by atoms with Gasteiger partial charge >= 0.3 is 0 Å². The van der Waals surface area contributed by atoms with Gasteiger partial charge in [-0.3, -0.25) is 4.31 Å². The fourth-order valence-corrected chi connectivity index (χ4v) is 4.07. The zero-order valence-electron chi connectivity index (χ0n) is 14.3. The summed E-state index contributed by atoms with van der Waals surface area (Å²) in [5, 5.41) is 0. The molecule has 0 aliphatic rings. The number of hydrogen-bond donors (Lipinski definition) is 0. The lowest BCUT2D eigenvalue weighted by molar-refractivity contribution is 0.591. The molecular weight excluding hydrogens is 306 g/mol. The van der Waals surface area contributed by atoms with Gasteiger partial charge in [0.25, 0.3) is 10.0 Å². The highest BCUT2D eigenvalue weighted by Gasteiger charge is 2.23. The Morgan fingerprint density at radius 1 is 1.04 bits per heavy atom. The molecule has 0 saturated heterocycles. The largest absolute Gasteiger partial charge is 0.267 e. The standard InChI is InChI=1S/C19H25NO2S/c1-5-16(4)17-10-12-19(13-11-17)23(21,22)20(6-2)18-9-7-8-15(3)14-18/h7-14,16H,5-6H2,1-4H3. The number of nitrogens with zero attached hydrogens (tertiary/aromatic N) is 1. The molecule has 0 amide bonds. The Bertz CT molecular complexity index is 751. The minimum absolute atomic E-state index is 0.341. The summed E-state index contributed by atoms with van der Waals surface area (Å²) in [6.07, 6.45) is 1.04. The molecule has 1 unspecified atom stereocenters. The van der Waals surface area contributed by atoms with Crippen LogP contribution in [0.15, 0.2) is 53.4 Å². The summed E-state index contributed by atoms with van der Waals surface area (Å²) in [5.41, 5.74) is 2.92. The zero-order valence-corrected chi connectivity index (χ0v) is 15.1. The molecule has 0 saturated carbocycles. The first-order chi connectivity index (χ1) is 10.9. The van der Waals surface area contributed by atoms with Crippen LogP contribution < -0.4 is 4.31 Å². The molecule has 0 aromatic heterocycles. The zero-order chi connectivity index (χ0) is 17.0. The van der Waals surface area contributed by atoms with Crippen molar-refractivity contribution in [1.82, 2.24) is 0 Å². The second kappa shape index (κ2) is 7.18. The Morgan fingerprint density at radius 2 is 1.70 bits per heavy atom. The van der Waals surface area contributed by atoms with Gasteiger partial charge in [0.1, 0.15) is 0 Å². The molecule has 0 radical (unpaired) electrons. The molecule has 4 heteroatoms. The summed E-state index contributed by atoms with van der Waals surface area (Å²) in [4.78, 5) is 0.341. The van der Waals surface area contributed by atoms with Gasteiger partial charge in [-0.15, -0.1) is 0 Å². The molecule has 2 aromatic carbocycles. The number of anilines is 1. The van der Waals surface area contributed by atoms with Gasteiger partial charge in [0.05, 0.1) is 10.6 Å². The maximum atomic E-state index is 13.0. The lowest BCUT2D eigenvalue weighted by Crippen LogP contribution is -2.30. The van der Waals surface area contributed by atoms with Crippen LogP contribution in [0.2, 0.25) is 0 Å². The molecule has 0 aliphatic carbocycles. The van der Waals surface area contributed by atoms with Gasteiger partial charge in [-0.1, -0.05) is 38.1 Å². The van der Waals surface area contributed by atoms with Crippen LogP contribution in [0.4, 0.5) is 5.69 Å². The molecular formula is C19H25NO2S. The molecule has 2 rings (SSSR count). The third-order valence-corrected chi connectivity index (χ3v) is 6.14. The summed E-state index contributed by atoms with van der Waals surface area (Å²) in [5.74, 6) is 0.436. The third kappa shape index (κ3) is 3.75. The molecule has 0 spiro atoms. The van der Waals surface area contributed by atoms with Crippen LogP contribution in [0.3, 0.4) is 0 Å². The smallest absolute Gasteiger partial charge is 0.264 e. The van der Waals surface area contributed by atoms with Crippen LogP contribution in [0.1, 0.15) is 44.2 Å². The molecule has 3 nitrogen and oxygen atoms in total. The Kier molecular flexibility index (Phi) is 5.47. The fraction of sp³-hybridized carbons (Fsp3) is 0.368. The van der Waals surface area contributed by atoms with Crippen molar-refractivity contribution in [2.75, 3.05) is 10.8 Å². The van der Waals surface area contributed by atoms with Gasteiger partial charge in [-0.2, -0.15) is 0 Å². The van der Waals surface area contributed by atoms with Crippen LogP contribution >= 0.6 is 0 Å². The average molecular weight is 331 g/mol. The van der Waals surface area contributed by atoms with E-state index in [2.05, 4.69) is 13.8 Å². The van der Waals surface area contributed by atoms with Gasteiger partial charge in [-0.25, -0.2) is 8.42 Å². The number of sulfonamides is 1. The molecule has 124 valence electrons. The van der Waals surface area contributed by atoms with Gasteiger partial charge in [-0.05, 0) is 61.6 Å². The summed E-state index contributed by atoms with van der Waals surface area (Å²) >= 11 is 0. The highest BCUT2D eigenvalue weighted by molar-refractivity contribution is 7.92. The van der Waals surface area contributed by atoms with Crippen molar-refractivity contribution in [1.29, 1.82) is 0 Å². The number of rotatable bonds is 6. The summed E-state index contributed by atoms with van der Waals surface area (Å²) < 4.78 is 27.4.